The van der Waals surface area contributed by atoms with E-state index in [0.717, 1.165) is 49.7 Å². The van der Waals surface area contributed by atoms with E-state index in [0.29, 0.717) is 6.04 Å². The molecule has 1 aliphatic rings. The van der Waals surface area contributed by atoms with Gasteiger partial charge in [0.05, 0.1) is 6.61 Å². The predicted molar refractivity (Wildman–Crippen MR) is 74.1 cm³/mol. The first-order valence-electron chi connectivity index (χ1n) is 6.74. The maximum absolute atomic E-state index is 5.24. The van der Waals surface area contributed by atoms with Gasteiger partial charge in [-0.05, 0) is 32.2 Å². The van der Waals surface area contributed by atoms with Gasteiger partial charge in [0.2, 0.25) is 0 Å². The van der Waals surface area contributed by atoms with Crippen LogP contribution in [0, 0.1) is 0 Å². The summed E-state index contributed by atoms with van der Waals surface area (Å²) in [5, 5.41) is 2.22. The van der Waals surface area contributed by atoms with E-state index in [1.807, 2.05) is 0 Å². The van der Waals surface area contributed by atoms with Gasteiger partial charge in [0, 0.05) is 13.2 Å². The predicted octanol–water partition coefficient (Wildman–Crippen LogP) is 4.17. The Kier molecular flexibility index (Phi) is 12.7. The first kappa shape index (κ1) is 18.4. The van der Waals surface area contributed by atoms with E-state index in [2.05, 4.69) is 24.9 Å². The number of ether oxygens (including phenoxy) is 1. The second-order valence-corrected chi connectivity index (χ2v) is 4.37. The number of hydrogen-bond donors (Lipinski definition) is 0. The summed E-state index contributed by atoms with van der Waals surface area (Å²) in [4.78, 5) is 0. The van der Waals surface area contributed by atoms with Crippen LogP contribution >= 0.6 is 9.69 Å². The monoisotopic (exact) mass is 324 g/mol. The maximum atomic E-state index is 5.24. The minimum absolute atomic E-state index is 0.488. The van der Waals surface area contributed by atoms with Crippen LogP contribution in [0.2, 0.25) is 0 Å². The summed E-state index contributed by atoms with van der Waals surface area (Å²) in [5.74, 6) is 0. The topological polar surface area (TPSA) is 26.6 Å². The first-order chi connectivity index (χ1) is 8.81. The average Bonchev–Trinajstić information content (AvgIpc) is 2.80. The van der Waals surface area contributed by atoms with Crippen LogP contribution in [-0.4, -0.2) is 31.3 Å². The quantitative estimate of drug-likeness (QED) is 0.657. The van der Waals surface area contributed by atoms with Crippen molar-refractivity contribution >= 4 is 9.69 Å². The molecule has 0 unspecified atom stereocenters. The molecule has 1 atom stereocenters. The molecule has 0 spiro atoms. The Balaban J connectivity index is 0.00000137. The standard InChI is InChI=1S/C13H25N2O.ClH.Zn/c1-4-7-12(8-5-2)14-15-10-6-9-13(15)11-16-3;;/h7,13H,4-6,8-11H2,1-3H3;1H;/q-1;;+2/p-1/b12-7+;;/t13-;;/m0../s1. The number of allylic oxidation sites excluding steroid dienone is 2. The number of halogens is 1. The molecule has 5 heteroatoms. The molecule has 102 valence electrons. The molecule has 18 heavy (non-hydrogen) atoms. The molecule has 0 aromatic carbocycles. The Labute approximate surface area is 126 Å². The van der Waals surface area contributed by atoms with Crippen molar-refractivity contribution in [3.05, 3.63) is 17.2 Å². The Morgan fingerprint density at radius 1 is 1.50 bits per heavy atom. The molecule has 0 saturated carbocycles. The fourth-order valence-corrected chi connectivity index (χ4v) is 2.16. The van der Waals surface area contributed by atoms with Crippen LogP contribution in [-0.2, 0) is 22.0 Å². The van der Waals surface area contributed by atoms with E-state index < -0.39 is 0 Å². The van der Waals surface area contributed by atoms with Crippen molar-refractivity contribution < 1.29 is 22.0 Å². The van der Waals surface area contributed by atoms with Gasteiger partial charge in [0.15, 0.2) is 0 Å². The van der Waals surface area contributed by atoms with Crippen molar-refractivity contribution in [2.24, 2.45) is 0 Å². The fraction of sp³-hybridized carbons (Fsp3) is 0.846. The fourth-order valence-electron chi connectivity index (χ4n) is 2.16. The van der Waals surface area contributed by atoms with Crippen molar-refractivity contribution in [2.75, 3.05) is 20.3 Å². The van der Waals surface area contributed by atoms with Gasteiger partial charge in [-0.1, -0.05) is 20.3 Å². The van der Waals surface area contributed by atoms with Crippen molar-refractivity contribution in [3.63, 3.8) is 0 Å². The van der Waals surface area contributed by atoms with E-state index in [1.54, 1.807) is 7.11 Å². The zero-order chi connectivity index (χ0) is 13.8. The van der Waals surface area contributed by atoms with Crippen LogP contribution in [0.4, 0.5) is 0 Å². The second-order valence-electron chi connectivity index (χ2n) is 4.37. The molecule has 0 bridgehead atoms. The third kappa shape index (κ3) is 7.08. The van der Waals surface area contributed by atoms with E-state index in [4.69, 9.17) is 19.9 Å². The van der Waals surface area contributed by atoms with Crippen LogP contribution in [0.3, 0.4) is 0 Å². The Morgan fingerprint density at radius 2 is 2.22 bits per heavy atom. The molecule has 0 aromatic rings. The Hall–Kier alpha value is 0.373. The third-order valence-corrected chi connectivity index (χ3v) is 2.91. The molecule has 0 aromatic heterocycles. The molecule has 1 aliphatic heterocycles. The average molecular weight is 326 g/mol. The SMILES string of the molecule is CC/C=C(\CCC)[N-]N1CCC[C@H]1COC.[Cl][Zn+]. The minimum atomic E-state index is 0.488. The van der Waals surface area contributed by atoms with Crippen molar-refractivity contribution in [1.29, 1.82) is 0 Å². The summed E-state index contributed by atoms with van der Waals surface area (Å²) in [6.07, 6.45) is 8.02. The van der Waals surface area contributed by atoms with E-state index >= 15 is 0 Å². The van der Waals surface area contributed by atoms with Crippen LogP contribution < -0.4 is 0 Å². The summed E-state index contributed by atoms with van der Waals surface area (Å²) in [6, 6.07) is 0.488. The third-order valence-electron chi connectivity index (χ3n) is 2.91. The number of rotatable bonds is 7. The molecule has 0 amide bonds. The molecule has 1 saturated heterocycles. The van der Waals surface area contributed by atoms with Crippen molar-refractivity contribution in [2.45, 2.75) is 52.0 Å². The number of methoxy groups -OCH3 is 1. The molecular weight excluding hydrogens is 301 g/mol. The van der Waals surface area contributed by atoms with Gasteiger partial charge in [0.1, 0.15) is 0 Å². The Morgan fingerprint density at radius 3 is 2.78 bits per heavy atom. The van der Waals surface area contributed by atoms with E-state index in [-0.39, 0.29) is 0 Å². The number of hydrogen-bond acceptors (Lipinski definition) is 2. The Bertz CT molecular complexity index is 227. The van der Waals surface area contributed by atoms with Gasteiger partial charge in [-0.2, -0.15) is 5.70 Å². The van der Waals surface area contributed by atoms with Gasteiger partial charge in [-0.25, -0.2) is 0 Å². The molecular formula is C13H25ClN2OZn. The summed E-state index contributed by atoms with van der Waals surface area (Å²) in [7, 11) is 6.53. The summed E-state index contributed by atoms with van der Waals surface area (Å²) in [6.45, 7) is 6.26. The van der Waals surface area contributed by atoms with Crippen molar-refractivity contribution in [1.82, 2.24) is 5.01 Å². The van der Waals surface area contributed by atoms with Crippen LogP contribution in [0.15, 0.2) is 11.8 Å². The molecule has 1 heterocycles. The van der Waals surface area contributed by atoms with Gasteiger partial charge in [-0.3, -0.25) is 0 Å². The molecule has 1 rings (SSSR count). The van der Waals surface area contributed by atoms with Gasteiger partial charge in [-0.15, -0.1) is 6.08 Å². The van der Waals surface area contributed by atoms with Crippen LogP contribution in [0.1, 0.15) is 46.0 Å². The zero-order valence-electron chi connectivity index (χ0n) is 12.0. The number of nitrogens with zero attached hydrogens (tertiary/aromatic N) is 2. The summed E-state index contributed by atoms with van der Waals surface area (Å²) < 4.78 is 5.24. The van der Waals surface area contributed by atoms with E-state index in [1.165, 1.54) is 18.5 Å². The molecule has 0 radical (unpaired) electrons. The summed E-state index contributed by atoms with van der Waals surface area (Å²) in [5.41, 5.74) is 6.01. The van der Waals surface area contributed by atoms with Crippen LogP contribution in [0.25, 0.3) is 5.43 Å². The van der Waals surface area contributed by atoms with Gasteiger partial charge in [0.25, 0.3) is 0 Å². The molecule has 0 aliphatic carbocycles. The molecule has 3 nitrogen and oxygen atoms in total. The van der Waals surface area contributed by atoms with Gasteiger partial charge < -0.3 is 15.2 Å². The second kappa shape index (κ2) is 12.4. The first-order valence-corrected chi connectivity index (χ1v) is 10.6. The summed E-state index contributed by atoms with van der Waals surface area (Å²) >= 11 is 0.847. The molecule has 0 N–H and O–H groups in total. The zero-order valence-corrected chi connectivity index (χ0v) is 15.7. The van der Waals surface area contributed by atoms with Crippen molar-refractivity contribution in [3.8, 4) is 0 Å². The normalized spacial score (nSPS) is 20.6. The van der Waals surface area contributed by atoms with Gasteiger partial charge >= 0.3 is 27.0 Å². The molecule has 1 fully saturated rings. The van der Waals surface area contributed by atoms with E-state index in [9.17, 15) is 0 Å². The van der Waals surface area contributed by atoms with Crippen LogP contribution in [0.5, 0.6) is 0 Å².